The number of aromatic nitrogens is 2. The maximum absolute atomic E-state index is 15.4. The number of hydrogen-bond donors (Lipinski definition) is 1. The van der Waals surface area contributed by atoms with Gasteiger partial charge in [-0.15, -0.1) is 0 Å². The third-order valence-electron chi connectivity index (χ3n) is 6.65. The molecule has 8 nitrogen and oxygen atoms in total. The zero-order valence-electron chi connectivity index (χ0n) is 21.4. The zero-order chi connectivity index (χ0) is 29.1. The first-order valence-electron chi connectivity index (χ1n) is 11.5. The van der Waals surface area contributed by atoms with Crippen molar-refractivity contribution in [3.63, 3.8) is 0 Å². The average molecular weight is 517 g/mol. The summed E-state index contributed by atoms with van der Waals surface area (Å²) in [6.45, 7) is 1.30. The highest BCUT2D eigenvalue weighted by Gasteiger charge is 2.53. The number of morpholine rings is 1. The van der Waals surface area contributed by atoms with Crippen molar-refractivity contribution < 1.29 is 27.8 Å². The Balaban J connectivity index is 1.96. The summed E-state index contributed by atoms with van der Waals surface area (Å²) < 4.78 is 42.7. The quantitative estimate of drug-likeness (QED) is 0.489. The number of nitrogens with one attached hydrogen (secondary N) is 1. The molecule has 3 heterocycles. The van der Waals surface area contributed by atoms with Gasteiger partial charge in [-0.3, -0.25) is 4.79 Å². The molecule has 1 aliphatic heterocycles. The maximum atomic E-state index is 15.4. The van der Waals surface area contributed by atoms with Crippen LogP contribution in [0.4, 0.5) is 13.6 Å². The van der Waals surface area contributed by atoms with Crippen molar-refractivity contribution in [2.45, 2.75) is 29.0 Å². The lowest BCUT2D eigenvalue weighted by molar-refractivity contribution is -0.0961. The Kier molecular flexibility index (Phi) is 7.25. The van der Waals surface area contributed by atoms with Crippen molar-refractivity contribution >= 4 is 64.7 Å². The molecule has 12 radical (unpaired) electrons. The Morgan fingerprint density at radius 2 is 1.79 bits per heavy atom. The molecule has 0 bridgehead atoms. The van der Waals surface area contributed by atoms with Crippen LogP contribution < -0.4 is 5.32 Å². The molecule has 1 N–H and O–H groups in total. The summed E-state index contributed by atoms with van der Waals surface area (Å²) >= 11 is 0. The predicted octanol–water partition coefficient (Wildman–Crippen LogP) is -0.114. The van der Waals surface area contributed by atoms with E-state index in [-0.39, 0.29) is 22.6 Å². The number of aryl methyl sites for hydroxylation is 1. The summed E-state index contributed by atoms with van der Waals surface area (Å²) in [4.78, 5) is 29.7. The number of rotatable bonds is 4. The van der Waals surface area contributed by atoms with Crippen molar-refractivity contribution in [2.75, 3.05) is 20.7 Å². The second-order valence-corrected chi connectivity index (χ2v) is 9.37. The number of imidazole rings is 1. The van der Waals surface area contributed by atoms with Crippen molar-refractivity contribution in [3.8, 4) is 11.3 Å². The molecule has 16 heteroatoms. The van der Waals surface area contributed by atoms with Crippen LogP contribution in [-0.2, 0) is 14.7 Å². The van der Waals surface area contributed by atoms with E-state index in [4.69, 9.17) is 56.6 Å². The third-order valence-corrected chi connectivity index (χ3v) is 6.65. The molecular formula is C23H18B6F2N4O4. The van der Waals surface area contributed by atoms with Gasteiger partial charge in [-0.05, 0) is 52.7 Å². The van der Waals surface area contributed by atoms with Gasteiger partial charge in [-0.25, -0.2) is 18.6 Å². The second kappa shape index (κ2) is 9.80. The van der Waals surface area contributed by atoms with Crippen LogP contribution in [0.15, 0.2) is 30.5 Å². The van der Waals surface area contributed by atoms with E-state index in [2.05, 4.69) is 10.3 Å². The monoisotopic (exact) mass is 518 g/mol. The Labute approximate surface area is 232 Å². The standard InChI is InChI=1S/C23H18B6F2N4O4/c1-10-4-5-34-15(6-10)33-17(16-12(30)7-11(8-13(16)31)19(36)32-2)18(34)21(24,25)14-9-35(20(37)38-3)22(26,27)23(28,29)39-14/h4-8,14H,9H2,1-3H3,(H,32,36). The maximum Gasteiger partial charge on any atom is 0.408 e. The smallest absolute Gasteiger partial charge is 0.408 e. The number of halogens is 2. The number of methoxy groups -OCH3 is 1. The fraction of sp³-hybridized carbons (Fsp3) is 0.348. The lowest BCUT2D eigenvalue weighted by Crippen LogP contribution is -2.76. The molecule has 3 aromatic rings. The van der Waals surface area contributed by atoms with Crippen molar-refractivity contribution in [2.24, 2.45) is 0 Å². The summed E-state index contributed by atoms with van der Waals surface area (Å²) in [5.74, 6) is -2.92. The number of hydrogen-bond acceptors (Lipinski definition) is 5. The van der Waals surface area contributed by atoms with Gasteiger partial charge in [0.15, 0.2) is 0 Å². The van der Waals surface area contributed by atoms with Crippen LogP contribution in [-0.4, -0.2) is 111 Å². The molecule has 2 amide bonds. The van der Waals surface area contributed by atoms with E-state index in [1.54, 1.807) is 19.1 Å². The van der Waals surface area contributed by atoms with Crippen molar-refractivity contribution in [3.05, 3.63) is 58.9 Å². The molecule has 1 saturated heterocycles. The molecule has 1 fully saturated rings. The van der Waals surface area contributed by atoms with E-state index >= 15 is 8.78 Å². The van der Waals surface area contributed by atoms with Crippen LogP contribution in [0.25, 0.3) is 16.9 Å². The fourth-order valence-corrected chi connectivity index (χ4v) is 4.44. The number of nitrogens with zero attached hydrogens (tertiary/aromatic N) is 3. The molecule has 39 heavy (non-hydrogen) atoms. The summed E-state index contributed by atoms with van der Waals surface area (Å²) in [7, 11) is 39.7. The minimum atomic E-state index is -2.41. The molecule has 1 aromatic carbocycles. The van der Waals surface area contributed by atoms with Crippen molar-refractivity contribution in [1.82, 2.24) is 19.6 Å². The Morgan fingerprint density at radius 1 is 1.18 bits per heavy atom. The minimum absolute atomic E-state index is 0.129. The summed E-state index contributed by atoms with van der Waals surface area (Å²) in [6, 6.07) is 5.01. The van der Waals surface area contributed by atoms with E-state index in [1.807, 2.05) is 0 Å². The largest absolute Gasteiger partial charge is 0.453 e. The summed E-state index contributed by atoms with van der Waals surface area (Å²) in [5.41, 5.74) is -0.297. The Bertz CT molecular complexity index is 1460. The van der Waals surface area contributed by atoms with E-state index in [0.717, 1.165) is 29.7 Å². The van der Waals surface area contributed by atoms with Crippen LogP contribution in [0.5, 0.6) is 0 Å². The van der Waals surface area contributed by atoms with Gasteiger partial charge in [0, 0.05) is 31.0 Å². The number of carbonyl (C=O) groups excluding carboxylic acids is 2. The van der Waals surface area contributed by atoms with Crippen LogP contribution in [0.1, 0.15) is 21.6 Å². The molecular weight excluding hydrogens is 499 g/mol. The first kappa shape index (κ1) is 28.9. The van der Waals surface area contributed by atoms with Gasteiger partial charge >= 0.3 is 6.09 Å². The fourth-order valence-electron chi connectivity index (χ4n) is 4.44. The summed E-state index contributed by atoms with van der Waals surface area (Å²) in [6.07, 6.45) is -0.933. The van der Waals surface area contributed by atoms with Gasteiger partial charge in [0.2, 0.25) is 0 Å². The highest BCUT2D eigenvalue weighted by Crippen LogP contribution is 2.41. The van der Waals surface area contributed by atoms with Crippen LogP contribution in [0, 0.1) is 18.6 Å². The Hall–Kier alpha value is -3.14. The molecule has 0 spiro atoms. The molecule has 186 valence electrons. The predicted molar refractivity (Wildman–Crippen MR) is 144 cm³/mol. The molecule has 0 aliphatic carbocycles. The highest BCUT2D eigenvalue weighted by atomic mass is 19.1. The third kappa shape index (κ3) is 4.66. The van der Waals surface area contributed by atoms with E-state index in [1.165, 1.54) is 17.6 Å². The lowest BCUT2D eigenvalue weighted by Gasteiger charge is -2.59. The van der Waals surface area contributed by atoms with E-state index in [0.29, 0.717) is 0 Å². The summed E-state index contributed by atoms with van der Waals surface area (Å²) in [5, 5.41) is -4.56. The number of ether oxygens (including phenoxy) is 2. The number of fused-ring (bicyclic) bond motifs is 1. The van der Waals surface area contributed by atoms with Gasteiger partial charge in [-0.2, -0.15) is 0 Å². The highest BCUT2D eigenvalue weighted by molar-refractivity contribution is 6.54. The SMILES string of the molecule is [B]C([B])(c1c(-c2c(F)cc(C(=O)NC)cc2F)nc2cc(C)ccn12)C1CN(C(=O)OC)C([B])([B])C([B])([B])O1. The van der Waals surface area contributed by atoms with Crippen LogP contribution in [0.3, 0.4) is 0 Å². The van der Waals surface area contributed by atoms with E-state index < -0.39 is 57.8 Å². The van der Waals surface area contributed by atoms with E-state index in [9.17, 15) is 9.59 Å². The van der Waals surface area contributed by atoms with Gasteiger partial charge in [0.05, 0.1) is 55.9 Å². The average Bonchev–Trinajstić information content (AvgIpc) is 3.22. The van der Waals surface area contributed by atoms with Gasteiger partial charge in [0.1, 0.15) is 33.0 Å². The molecule has 1 unspecified atom stereocenters. The van der Waals surface area contributed by atoms with Gasteiger partial charge < -0.3 is 24.1 Å². The molecule has 1 aliphatic rings. The molecule has 4 rings (SSSR count). The zero-order valence-corrected chi connectivity index (χ0v) is 21.4. The Morgan fingerprint density at radius 3 is 2.36 bits per heavy atom. The van der Waals surface area contributed by atoms with Crippen LogP contribution in [0.2, 0.25) is 0 Å². The minimum Gasteiger partial charge on any atom is -0.453 e. The first-order chi connectivity index (χ1) is 18.1. The lowest BCUT2D eigenvalue weighted by atomic mass is 9.38. The van der Waals surface area contributed by atoms with Gasteiger partial charge in [0.25, 0.3) is 5.91 Å². The topological polar surface area (TPSA) is 85.2 Å². The van der Waals surface area contributed by atoms with Gasteiger partial charge in [-0.1, -0.05) is 0 Å². The van der Waals surface area contributed by atoms with Crippen molar-refractivity contribution in [1.29, 1.82) is 0 Å². The van der Waals surface area contributed by atoms with Crippen LogP contribution >= 0.6 is 0 Å². The molecule has 2 aromatic heterocycles. The molecule has 0 saturated carbocycles. The normalized spacial score (nSPS) is 18.6. The number of benzene rings is 1. The number of amides is 2. The number of carbonyl (C=O) groups is 2. The molecule has 1 atom stereocenters. The number of pyridine rings is 1. The first-order valence-corrected chi connectivity index (χ1v) is 11.5. The second-order valence-electron chi connectivity index (χ2n) is 9.37.